The normalized spacial score (nSPS) is 14.5. The second kappa shape index (κ2) is 6.01. The first-order valence-electron chi connectivity index (χ1n) is 9.31. The number of benzene rings is 2. The third kappa shape index (κ3) is 2.72. The largest absolute Gasteiger partial charge is 0.346 e. The van der Waals surface area contributed by atoms with Gasteiger partial charge in [-0.25, -0.2) is 0 Å². The minimum atomic E-state index is 0.102. The van der Waals surface area contributed by atoms with Gasteiger partial charge in [0.15, 0.2) is 0 Å². The molecular weight excluding hydrogens is 320 g/mol. The van der Waals surface area contributed by atoms with Crippen LogP contribution < -0.4 is 0 Å². The summed E-state index contributed by atoms with van der Waals surface area (Å²) in [7, 11) is 2.10. The van der Waals surface area contributed by atoms with Gasteiger partial charge in [0.05, 0.1) is 6.54 Å². The summed E-state index contributed by atoms with van der Waals surface area (Å²) >= 11 is 0. The van der Waals surface area contributed by atoms with Gasteiger partial charge < -0.3 is 9.47 Å². The number of carbonyl (C=O) groups is 1. The lowest BCUT2D eigenvalue weighted by Gasteiger charge is -2.28. The molecule has 0 spiro atoms. The van der Waals surface area contributed by atoms with Gasteiger partial charge in [-0.3, -0.25) is 4.79 Å². The Morgan fingerprint density at radius 3 is 2.38 bits per heavy atom. The van der Waals surface area contributed by atoms with E-state index in [0.717, 1.165) is 18.5 Å². The van der Waals surface area contributed by atoms with Crippen LogP contribution in [0.1, 0.15) is 48.0 Å². The van der Waals surface area contributed by atoms with Crippen LogP contribution in [0.15, 0.2) is 48.5 Å². The lowest BCUT2D eigenvalue weighted by atomic mass is 9.86. The minimum Gasteiger partial charge on any atom is -0.346 e. The molecule has 3 heteroatoms. The van der Waals surface area contributed by atoms with E-state index in [9.17, 15) is 4.79 Å². The Hall–Kier alpha value is -2.55. The topological polar surface area (TPSA) is 25.2 Å². The number of rotatable bonds is 1. The molecule has 26 heavy (non-hydrogen) atoms. The molecule has 134 valence electrons. The fourth-order valence-electron chi connectivity index (χ4n) is 3.98. The molecule has 2 aromatic carbocycles. The van der Waals surface area contributed by atoms with E-state index in [1.54, 1.807) is 0 Å². The van der Waals surface area contributed by atoms with E-state index in [4.69, 9.17) is 0 Å². The summed E-state index contributed by atoms with van der Waals surface area (Å²) in [4.78, 5) is 15.0. The first kappa shape index (κ1) is 16.9. The maximum absolute atomic E-state index is 13.0. The molecule has 3 nitrogen and oxygen atoms in total. The summed E-state index contributed by atoms with van der Waals surface area (Å²) in [6.45, 7) is 8.03. The SMILES string of the molecule is Cn1c2c(c3ccccc31)CCN(C(=O)c1ccc(C(C)(C)C)cc1)C2. The Balaban J connectivity index is 1.62. The molecule has 0 aliphatic carbocycles. The highest BCUT2D eigenvalue weighted by Crippen LogP contribution is 2.30. The highest BCUT2D eigenvalue weighted by molar-refractivity contribution is 5.95. The summed E-state index contributed by atoms with van der Waals surface area (Å²) in [5, 5.41) is 1.33. The van der Waals surface area contributed by atoms with Crippen LogP contribution in [0.5, 0.6) is 0 Å². The number of hydrogen-bond donors (Lipinski definition) is 0. The smallest absolute Gasteiger partial charge is 0.254 e. The molecular formula is C23H26N2O. The van der Waals surface area contributed by atoms with Crippen LogP contribution >= 0.6 is 0 Å². The van der Waals surface area contributed by atoms with Crippen LogP contribution in [0, 0.1) is 0 Å². The summed E-state index contributed by atoms with van der Waals surface area (Å²) < 4.78 is 2.24. The molecule has 0 radical (unpaired) electrons. The first-order valence-corrected chi connectivity index (χ1v) is 9.31. The summed E-state index contributed by atoms with van der Waals surface area (Å²) in [6, 6.07) is 16.6. The van der Waals surface area contributed by atoms with E-state index < -0.39 is 0 Å². The fourth-order valence-corrected chi connectivity index (χ4v) is 3.98. The minimum absolute atomic E-state index is 0.102. The Labute approximate surface area is 155 Å². The molecule has 0 N–H and O–H groups in total. The highest BCUT2D eigenvalue weighted by atomic mass is 16.2. The fraction of sp³-hybridized carbons (Fsp3) is 0.348. The number of nitrogens with zero attached hydrogens (tertiary/aromatic N) is 2. The van der Waals surface area contributed by atoms with Crippen molar-refractivity contribution < 1.29 is 4.79 Å². The Kier molecular flexibility index (Phi) is 3.91. The number of aryl methyl sites for hydroxylation is 1. The van der Waals surface area contributed by atoms with Crippen molar-refractivity contribution in [1.82, 2.24) is 9.47 Å². The van der Waals surface area contributed by atoms with Gasteiger partial charge in [0, 0.05) is 35.8 Å². The second-order valence-electron chi connectivity index (χ2n) is 8.31. The van der Waals surface area contributed by atoms with Crippen molar-refractivity contribution in [1.29, 1.82) is 0 Å². The van der Waals surface area contributed by atoms with Crippen LogP contribution in [0.2, 0.25) is 0 Å². The summed E-state index contributed by atoms with van der Waals surface area (Å²) in [6.07, 6.45) is 0.919. The summed E-state index contributed by atoms with van der Waals surface area (Å²) in [5.74, 6) is 0.126. The number of para-hydroxylation sites is 1. The molecule has 0 atom stereocenters. The average molecular weight is 346 g/mol. The van der Waals surface area contributed by atoms with Crippen molar-refractivity contribution in [2.45, 2.75) is 39.2 Å². The van der Waals surface area contributed by atoms with Crippen LogP contribution in [-0.2, 0) is 25.4 Å². The van der Waals surface area contributed by atoms with Gasteiger partial charge in [0.25, 0.3) is 5.91 Å². The van der Waals surface area contributed by atoms with Gasteiger partial charge >= 0.3 is 0 Å². The van der Waals surface area contributed by atoms with Gasteiger partial charge in [0.2, 0.25) is 0 Å². The van der Waals surface area contributed by atoms with Gasteiger partial charge in [-0.15, -0.1) is 0 Å². The van der Waals surface area contributed by atoms with Crippen molar-refractivity contribution >= 4 is 16.8 Å². The van der Waals surface area contributed by atoms with Gasteiger partial charge in [-0.05, 0) is 41.2 Å². The predicted molar refractivity (Wildman–Crippen MR) is 107 cm³/mol. The van der Waals surface area contributed by atoms with Crippen LogP contribution in [0.25, 0.3) is 10.9 Å². The lowest BCUT2D eigenvalue weighted by molar-refractivity contribution is 0.0731. The first-order chi connectivity index (χ1) is 12.4. The lowest BCUT2D eigenvalue weighted by Crippen LogP contribution is -2.36. The Morgan fingerprint density at radius 1 is 1.00 bits per heavy atom. The molecule has 3 aromatic rings. The van der Waals surface area contributed by atoms with Crippen molar-refractivity contribution in [3.05, 3.63) is 70.9 Å². The van der Waals surface area contributed by atoms with E-state index in [2.05, 4.69) is 68.8 Å². The molecule has 0 unspecified atom stereocenters. The zero-order valence-electron chi connectivity index (χ0n) is 16.0. The average Bonchev–Trinajstić information content (AvgIpc) is 2.93. The third-order valence-electron chi connectivity index (χ3n) is 5.60. The van der Waals surface area contributed by atoms with Crippen LogP contribution in [0.3, 0.4) is 0 Å². The molecule has 0 bridgehead atoms. The predicted octanol–water partition coefficient (Wildman–Crippen LogP) is 4.67. The quantitative estimate of drug-likeness (QED) is 0.628. The Bertz CT molecular complexity index is 974. The number of carbonyl (C=O) groups excluding carboxylic acids is 1. The van der Waals surface area contributed by atoms with Gasteiger partial charge in [-0.1, -0.05) is 51.1 Å². The Morgan fingerprint density at radius 2 is 1.69 bits per heavy atom. The molecule has 4 rings (SSSR count). The number of amides is 1. The van der Waals surface area contributed by atoms with Crippen molar-refractivity contribution in [2.75, 3.05) is 6.54 Å². The molecule has 0 fully saturated rings. The van der Waals surface area contributed by atoms with E-state index in [0.29, 0.717) is 6.54 Å². The maximum atomic E-state index is 13.0. The van der Waals surface area contributed by atoms with E-state index >= 15 is 0 Å². The molecule has 1 aliphatic heterocycles. The molecule has 1 aliphatic rings. The monoisotopic (exact) mass is 346 g/mol. The van der Waals surface area contributed by atoms with E-state index in [1.807, 2.05) is 17.0 Å². The van der Waals surface area contributed by atoms with Crippen molar-refractivity contribution in [3.8, 4) is 0 Å². The maximum Gasteiger partial charge on any atom is 0.254 e. The van der Waals surface area contributed by atoms with Crippen LogP contribution in [0.4, 0.5) is 0 Å². The third-order valence-corrected chi connectivity index (χ3v) is 5.60. The summed E-state index contributed by atoms with van der Waals surface area (Å²) in [5.41, 5.74) is 6.04. The van der Waals surface area contributed by atoms with Crippen molar-refractivity contribution in [2.24, 2.45) is 7.05 Å². The molecule has 0 saturated carbocycles. The molecule has 0 saturated heterocycles. The molecule has 1 amide bonds. The standard InChI is InChI=1S/C23H26N2O/c1-23(2,3)17-11-9-16(10-12-17)22(26)25-14-13-19-18-7-5-6-8-20(18)24(4)21(19)15-25/h5-12H,13-15H2,1-4H3. The zero-order chi connectivity index (χ0) is 18.5. The molecule has 1 aromatic heterocycles. The zero-order valence-corrected chi connectivity index (χ0v) is 16.0. The van der Waals surface area contributed by atoms with Crippen molar-refractivity contribution in [3.63, 3.8) is 0 Å². The van der Waals surface area contributed by atoms with E-state index in [1.165, 1.54) is 27.7 Å². The van der Waals surface area contributed by atoms with Gasteiger partial charge in [0.1, 0.15) is 0 Å². The number of fused-ring (bicyclic) bond motifs is 3. The highest BCUT2D eigenvalue weighted by Gasteiger charge is 2.26. The van der Waals surface area contributed by atoms with Crippen LogP contribution in [-0.4, -0.2) is 21.9 Å². The number of aromatic nitrogens is 1. The number of hydrogen-bond acceptors (Lipinski definition) is 1. The van der Waals surface area contributed by atoms with E-state index in [-0.39, 0.29) is 11.3 Å². The molecule has 2 heterocycles. The van der Waals surface area contributed by atoms with Gasteiger partial charge in [-0.2, -0.15) is 0 Å². The second-order valence-corrected chi connectivity index (χ2v) is 8.31.